The number of nitrogens with zero attached hydrogens (tertiary/aromatic N) is 2. The third-order valence-corrected chi connectivity index (χ3v) is 6.11. The first kappa shape index (κ1) is 24.7. The highest BCUT2D eigenvalue weighted by Crippen LogP contribution is 2.38. The Morgan fingerprint density at radius 2 is 1.66 bits per heavy atom. The van der Waals surface area contributed by atoms with Crippen molar-refractivity contribution in [2.75, 3.05) is 19.1 Å². The molecule has 0 aliphatic heterocycles. The van der Waals surface area contributed by atoms with Crippen LogP contribution in [-0.2, 0) is 12.0 Å². The van der Waals surface area contributed by atoms with E-state index in [0.29, 0.717) is 40.6 Å². The van der Waals surface area contributed by atoms with E-state index in [1.54, 1.807) is 23.3 Å². The lowest BCUT2D eigenvalue weighted by Gasteiger charge is -2.27. The van der Waals surface area contributed by atoms with Gasteiger partial charge in [-0.2, -0.15) is 0 Å². The highest BCUT2D eigenvalue weighted by atomic mass is 35.5. The fourth-order valence-corrected chi connectivity index (χ4v) is 3.87. The molecule has 0 bridgehead atoms. The Balaban J connectivity index is 1.67. The fourth-order valence-electron chi connectivity index (χ4n) is 3.29. The van der Waals surface area contributed by atoms with Gasteiger partial charge in [0.2, 0.25) is 0 Å². The second kappa shape index (κ2) is 11.3. The maximum atomic E-state index is 10.2. The number of benzene rings is 2. The first-order valence-electron chi connectivity index (χ1n) is 10.4. The predicted octanol–water partition coefficient (Wildman–Crippen LogP) is 5.96. The molecule has 0 saturated carbocycles. The van der Waals surface area contributed by atoms with Gasteiger partial charge < -0.3 is 19.1 Å². The zero-order valence-electron chi connectivity index (χ0n) is 18.1. The molecule has 8 heteroatoms. The third-order valence-electron chi connectivity index (χ3n) is 5.25. The second-order valence-electron chi connectivity index (χ2n) is 8.03. The number of hydrogen-bond acceptors (Lipinski definition) is 4. The molecular formula is C24H27Cl3N2O3. The van der Waals surface area contributed by atoms with Crippen LogP contribution >= 0.6 is 34.8 Å². The van der Waals surface area contributed by atoms with Gasteiger partial charge in [-0.3, -0.25) is 0 Å². The van der Waals surface area contributed by atoms with Gasteiger partial charge in [-0.05, 0) is 41.8 Å². The highest BCUT2D eigenvalue weighted by Gasteiger charge is 2.25. The van der Waals surface area contributed by atoms with Crippen LogP contribution in [0.4, 0.5) is 0 Å². The molecule has 1 heterocycles. The van der Waals surface area contributed by atoms with Gasteiger partial charge >= 0.3 is 0 Å². The number of ether oxygens (including phenoxy) is 2. The Morgan fingerprint density at radius 3 is 2.19 bits per heavy atom. The lowest BCUT2D eigenvalue weighted by Crippen LogP contribution is -2.23. The van der Waals surface area contributed by atoms with Gasteiger partial charge in [0.25, 0.3) is 0 Å². The molecule has 32 heavy (non-hydrogen) atoms. The number of aliphatic hydroxyl groups excluding tert-OH is 1. The van der Waals surface area contributed by atoms with Gasteiger partial charge in [0, 0.05) is 23.7 Å². The van der Waals surface area contributed by atoms with Gasteiger partial charge in [-0.1, -0.05) is 49.2 Å². The standard InChI is InChI=1S/C24H27Cl3N2O3/c1-24(2,17-4-6-22(20(26)12-17)31-11-3-8-25)18-5-7-23(21(27)13-18)32-15-19(30)14-29-10-9-28-16-29/h4-7,9-10,12-13,16,19,30H,3,8,11,14-15H2,1-2H3. The van der Waals surface area contributed by atoms with Crippen LogP contribution in [0.3, 0.4) is 0 Å². The molecule has 1 N–H and O–H groups in total. The molecule has 3 rings (SSSR count). The first-order valence-corrected chi connectivity index (χ1v) is 11.7. The lowest BCUT2D eigenvalue weighted by molar-refractivity contribution is 0.0925. The molecule has 0 aliphatic rings. The number of aromatic nitrogens is 2. The number of halogens is 3. The number of imidazole rings is 1. The Morgan fingerprint density at radius 1 is 1.03 bits per heavy atom. The van der Waals surface area contributed by atoms with E-state index < -0.39 is 6.10 Å². The molecule has 0 aliphatic carbocycles. The van der Waals surface area contributed by atoms with Crippen LogP contribution in [0.15, 0.2) is 55.1 Å². The monoisotopic (exact) mass is 496 g/mol. The predicted molar refractivity (Wildman–Crippen MR) is 130 cm³/mol. The molecule has 2 aromatic carbocycles. The number of hydrogen-bond donors (Lipinski definition) is 1. The second-order valence-corrected chi connectivity index (χ2v) is 9.22. The minimum atomic E-state index is -0.677. The molecule has 172 valence electrons. The molecule has 1 atom stereocenters. The SMILES string of the molecule is CC(C)(c1ccc(OCCCCl)c(Cl)c1)c1ccc(OCC(O)Cn2ccnc2)c(Cl)c1. The van der Waals surface area contributed by atoms with Crippen LogP contribution in [0.1, 0.15) is 31.4 Å². The number of aliphatic hydroxyl groups is 1. The van der Waals surface area contributed by atoms with Crippen LogP contribution in [0, 0.1) is 0 Å². The molecule has 3 aromatic rings. The van der Waals surface area contributed by atoms with Gasteiger partial charge in [0.15, 0.2) is 0 Å². The van der Waals surface area contributed by atoms with E-state index in [-0.39, 0.29) is 12.0 Å². The fraction of sp³-hybridized carbons (Fsp3) is 0.375. The zero-order chi connectivity index (χ0) is 23.1. The van der Waals surface area contributed by atoms with E-state index in [1.165, 1.54) is 0 Å². The topological polar surface area (TPSA) is 56.5 Å². The van der Waals surface area contributed by atoms with Crippen molar-refractivity contribution in [3.05, 3.63) is 76.3 Å². The summed E-state index contributed by atoms with van der Waals surface area (Å²) in [5.41, 5.74) is 1.70. The minimum Gasteiger partial charge on any atom is -0.492 e. The first-order chi connectivity index (χ1) is 15.3. The number of alkyl halides is 1. The highest BCUT2D eigenvalue weighted by molar-refractivity contribution is 6.32. The van der Waals surface area contributed by atoms with Crippen LogP contribution in [0.25, 0.3) is 0 Å². The van der Waals surface area contributed by atoms with E-state index in [4.69, 9.17) is 44.3 Å². The van der Waals surface area contributed by atoms with Gasteiger partial charge in [0.05, 0.1) is 29.5 Å². The lowest BCUT2D eigenvalue weighted by atomic mass is 9.78. The summed E-state index contributed by atoms with van der Waals surface area (Å²) in [7, 11) is 0. The summed E-state index contributed by atoms with van der Waals surface area (Å²) >= 11 is 18.6. The molecule has 0 amide bonds. The molecule has 1 aromatic heterocycles. The smallest absolute Gasteiger partial charge is 0.138 e. The molecule has 0 saturated heterocycles. The van der Waals surface area contributed by atoms with E-state index in [2.05, 4.69) is 18.8 Å². The normalized spacial score (nSPS) is 12.6. The Labute approximate surface area is 203 Å². The zero-order valence-corrected chi connectivity index (χ0v) is 20.4. The molecule has 5 nitrogen and oxygen atoms in total. The third kappa shape index (κ3) is 6.32. The van der Waals surface area contributed by atoms with Crippen LogP contribution in [0.5, 0.6) is 11.5 Å². The van der Waals surface area contributed by atoms with Gasteiger partial charge in [-0.25, -0.2) is 4.98 Å². The summed E-state index contributed by atoms with van der Waals surface area (Å²) in [5.74, 6) is 1.72. The quantitative estimate of drug-likeness (QED) is 0.262. The maximum Gasteiger partial charge on any atom is 0.138 e. The van der Waals surface area contributed by atoms with E-state index in [1.807, 2.05) is 36.4 Å². The molecule has 0 spiro atoms. The van der Waals surface area contributed by atoms with Crippen molar-refractivity contribution in [2.45, 2.75) is 38.3 Å². The molecular weight excluding hydrogens is 471 g/mol. The van der Waals surface area contributed by atoms with Crippen LogP contribution in [-0.4, -0.2) is 39.9 Å². The summed E-state index contributed by atoms with van der Waals surface area (Å²) in [6, 6.07) is 11.5. The largest absolute Gasteiger partial charge is 0.492 e. The maximum absolute atomic E-state index is 10.2. The van der Waals surface area contributed by atoms with Crippen molar-refractivity contribution in [3.8, 4) is 11.5 Å². The molecule has 0 fully saturated rings. The van der Waals surface area contributed by atoms with E-state index in [0.717, 1.165) is 17.5 Å². The van der Waals surface area contributed by atoms with Crippen molar-refractivity contribution in [1.82, 2.24) is 9.55 Å². The average Bonchev–Trinajstić information content (AvgIpc) is 3.27. The summed E-state index contributed by atoms with van der Waals surface area (Å²) in [6.45, 7) is 5.26. The van der Waals surface area contributed by atoms with Crippen molar-refractivity contribution >= 4 is 34.8 Å². The van der Waals surface area contributed by atoms with Crippen LogP contribution in [0.2, 0.25) is 10.0 Å². The van der Waals surface area contributed by atoms with Crippen LogP contribution < -0.4 is 9.47 Å². The number of rotatable bonds is 11. The van der Waals surface area contributed by atoms with E-state index in [9.17, 15) is 5.11 Å². The Bertz CT molecular complexity index is 1010. The van der Waals surface area contributed by atoms with Crippen molar-refractivity contribution in [3.63, 3.8) is 0 Å². The van der Waals surface area contributed by atoms with Crippen molar-refractivity contribution < 1.29 is 14.6 Å². The Hall–Kier alpha value is -1.92. The summed E-state index contributed by atoms with van der Waals surface area (Å²) in [4.78, 5) is 3.96. The van der Waals surface area contributed by atoms with E-state index >= 15 is 0 Å². The average molecular weight is 498 g/mol. The molecule has 1 unspecified atom stereocenters. The summed E-state index contributed by atoms with van der Waals surface area (Å²) in [6.07, 6.45) is 5.19. The van der Waals surface area contributed by atoms with Crippen molar-refractivity contribution in [2.24, 2.45) is 0 Å². The Kier molecular flexibility index (Phi) is 8.72. The van der Waals surface area contributed by atoms with Gasteiger partial charge in [0.1, 0.15) is 24.2 Å². The summed E-state index contributed by atoms with van der Waals surface area (Å²) < 4.78 is 13.2. The van der Waals surface area contributed by atoms with Gasteiger partial charge in [-0.15, -0.1) is 11.6 Å². The minimum absolute atomic E-state index is 0.126. The molecule has 0 radical (unpaired) electrons. The van der Waals surface area contributed by atoms with Crippen molar-refractivity contribution in [1.29, 1.82) is 0 Å². The summed E-state index contributed by atoms with van der Waals surface area (Å²) in [5, 5.41) is 11.2.